The summed E-state index contributed by atoms with van der Waals surface area (Å²) < 4.78 is 0. The highest BCUT2D eigenvalue weighted by Crippen LogP contribution is 2.14. The minimum Gasteiger partial charge on any atom is -0.388 e. The van der Waals surface area contributed by atoms with E-state index in [2.05, 4.69) is 10.6 Å². The van der Waals surface area contributed by atoms with Gasteiger partial charge in [-0.2, -0.15) is 0 Å². The van der Waals surface area contributed by atoms with E-state index in [9.17, 15) is 9.90 Å². The molecule has 1 amide bonds. The van der Waals surface area contributed by atoms with Gasteiger partial charge < -0.3 is 10.4 Å². The van der Waals surface area contributed by atoms with E-state index in [1.807, 2.05) is 13.8 Å². The van der Waals surface area contributed by atoms with Gasteiger partial charge in [0.1, 0.15) is 0 Å². The van der Waals surface area contributed by atoms with Crippen LogP contribution >= 0.6 is 11.8 Å². The molecule has 0 aromatic carbocycles. The van der Waals surface area contributed by atoms with E-state index in [1.165, 1.54) is 0 Å². The van der Waals surface area contributed by atoms with Gasteiger partial charge >= 0.3 is 0 Å². The zero-order chi connectivity index (χ0) is 11.3. The average Bonchev–Trinajstić information content (AvgIpc) is 2.79. The van der Waals surface area contributed by atoms with E-state index in [0.717, 1.165) is 11.6 Å². The fourth-order valence-electron chi connectivity index (χ4n) is 1.44. The average molecular weight is 232 g/mol. The lowest BCUT2D eigenvalue weighted by Gasteiger charge is -2.26. The molecule has 1 rings (SSSR count). The predicted molar refractivity (Wildman–Crippen MR) is 62.8 cm³/mol. The summed E-state index contributed by atoms with van der Waals surface area (Å²) in [6.07, 6.45) is 1.33. The molecule has 1 aliphatic heterocycles. The van der Waals surface area contributed by atoms with Crippen LogP contribution in [0.3, 0.4) is 0 Å². The standard InChI is InChI=1S/C10H20N2O2S/c1-3-10(14,4-2)6-11-9(13)8-5-15-7-12-8/h8,12,14H,3-7H2,1-2H3,(H,11,13). The maximum absolute atomic E-state index is 11.6. The molecule has 5 heteroatoms. The number of amides is 1. The highest BCUT2D eigenvalue weighted by Gasteiger charge is 2.26. The molecule has 88 valence electrons. The molecule has 0 saturated carbocycles. The normalized spacial score (nSPS) is 21.7. The summed E-state index contributed by atoms with van der Waals surface area (Å²) in [7, 11) is 0. The molecule has 15 heavy (non-hydrogen) atoms. The van der Waals surface area contributed by atoms with Crippen molar-refractivity contribution >= 4 is 17.7 Å². The molecular weight excluding hydrogens is 212 g/mol. The summed E-state index contributed by atoms with van der Waals surface area (Å²) in [5, 5.41) is 15.9. The van der Waals surface area contributed by atoms with Gasteiger partial charge in [0.2, 0.25) is 5.91 Å². The van der Waals surface area contributed by atoms with Gasteiger partial charge in [0.25, 0.3) is 0 Å². The molecule has 0 aromatic rings. The number of hydrogen-bond acceptors (Lipinski definition) is 4. The summed E-state index contributed by atoms with van der Waals surface area (Å²) in [6, 6.07) is -0.0898. The molecule has 3 N–H and O–H groups in total. The molecule has 1 saturated heterocycles. The van der Waals surface area contributed by atoms with Crippen molar-refractivity contribution in [1.82, 2.24) is 10.6 Å². The number of nitrogens with one attached hydrogen (secondary N) is 2. The Kier molecular flexibility index (Phi) is 4.89. The van der Waals surface area contributed by atoms with E-state index in [-0.39, 0.29) is 11.9 Å². The Hall–Kier alpha value is -0.260. The maximum Gasteiger partial charge on any atom is 0.238 e. The van der Waals surface area contributed by atoms with Gasteiger partial charge in [0.05, 0.1) is 11.6 Å². The molecule has 1 fully saturated rings. The van der Waals surface area contributed by atoms with Crippen LogP contribution in [-0.4, -0.2) is 40.8 Å². The van der Waals surface area contributed by atoms with Crippen molar-refractivity contribution in [2.24, 2.45) is 0 Å². The number of aliphatic hydroxyl groups is 1. The molecule has 1 aliphatic rings. The highest BCUT2D eigenvalue weighted by molar-refractivity contribution is 7.99. The van der Waals surface area contributed by atoms with E-state index < -0.39 is 5.60 Å². The lowest BCUT2D eigenvalue weighted by molar-refractivity contribution is -0.123. The van der Waals surface area contributed by atoms with Gasteiger partial charge in [-0.3, -0.25) is 10.1 Å². The second-order valence-electron chi connectivity index (χ2n) is 3.92. The van der Waals surface area contributed by atoms with E-state index in [1.54, 1.807) is 11.8 Å². The van der Waals surface area contributed by atoms with Crippen molar-refractivity contribution in [2.45, 2.75) is 38.3 Å². The summed E-state index contributed by atoms with van der Waals surface area (Å²) >= 11 is 1.72. The number of carbonyl (C=O) groups is 1. The SMILES string of the molecule is CCC(O)(CC)CNC(=O)C1CSCN1. The number of hydrogen-bond donors (Lipinski definition) is 3. The van der Waals surface area contributed by atoms with Crippen LogP contribution in [0.1, 0.15) is 26.7 Å². The highest BCUT2D eigenvalue weighted by atomic mass is 32.2. The molecule has 1 atom stereocenters. The fraction of sp³-hybridized carbons (Fsp3) is 0.900. The smallest absolute Gasteiger partial charge is 0.238 e. The zero-order valence-corrected chi connectivity index (χ0v) is 10.2. The van der Waals surface area contributed by atoms with E-state index >= 15 is 0 Å². The van der Waals surface area contributed by atoms with Crippen LogP contribution in [0.2, 0.25) is 0 Å². The largest absolute Gasteiger partial charge is 0.388 e. The van der Waals surface area contributed by atoms with Crippen molar-refractivity contribution in [3.63, 3.8) is 0 Å². The Morgan fingerprint density at radius 2 is 2.27 bits per heavy atom. The van der Waals surface area contributed by atoms with Crippen LogP contribution in [0.25, 0.3) is 0 Å². The molecular formula is C10H20N2O2S. The third-order valence-corrected chi connectivity index (χ3v) is 3.88. The molecule has 4 nitrogen and oxygen atoms in total. The second-order valence-corrected chi connectivity index (χ2v) is 4.95. The first kappa shape index (κ1) is 12.8. The summed E-state index contributed by atoms with van der Waals surface area (Å²) in [5.74, 6) is 1.66. The Morgan fingerprint density at radius 1 is 1.60 bits per heavy atom. The van der Waals surface area contributed by atoms with E-state index in [0.29, 0.717) is 19.4 Å². The minimum absolute atomic E-state index is 0.000301. The third kappa shape index (κ3) is 3.66. The van der Waals surface area contributed by atoms with Crippen LogP contribution < -0.4 is 10.6 Å². The predicted octanol–water partition coefficient (Wildman–Crippen LogP) is 0.316. The molecule has 1 heterocycles. The first-order valence-electron chi connectivity index (χ1n) is 5.42. The van der Waals surface area contributed by atoms with Gasteiger partial charge in [0.15, 0.2) is 0 Å². The van der Waals surface area contributed by atoms with Crippen molar-refractivity contribution < 1.29 is 9.90 Å². The van der Waals surface area contributed by atoms with E-state index in [4.69, 9.17) is 0 Å². The van der Waals surface area contributed by atoms with Gasteiger partial charge in [-0.1, -0.05) is 13.8 Å². The van der Waals surface area contributed by atoms with Crippen molar-refractivity contribution in [3.05, 3.63) is 0 Å². The fourth-order valence-corrected chi connectivity index (χ4v) is 2.38. The monoisotopic (exact) mass is 232 g/mol. The Labute approximate surface area is 95.2 Å². The van der Waals surface area contributed by atoms with Crippen LogP contribution in [0.4, 0.5) is 0 Å². The lowest BCUT2D eigenvalue weighted by atomic mass is 9.97. The van der Waals surface area contributed by atoms with Crippen molar-refractivity contribution in [1.29, 1.82) is 0 Å². The molecule has 0 radical (unpaired) electrons. The van der Waals surface area contributed by atoms with Crippen molar-refractivity contribution in [2.75, 3.05) is 18.2 Å². The molecule has 0 spiro atoms. The molecule has 0 aromatic heterocycles. The topological polar surface area (TPSA) is 61.4 Å². The van der Waals surface area contributed by atoms with Crippen LogP contribution in [-0.2, 0) is 4.79 Å². The Morgan fingerprint density at radius 3 is 2.73 bits per heavy atom. The van der Waals surface area contributed by atoms with Gasteiger partial charge in [0, 0.05) is 18.2 Å². The van der Waals surface area contributed by atoms with Gasteiger partial charge in [-0.05, 0) is 12.8 Å². The van der Waals surface area contributed by atoms with Crippen LogP contribution in [0.15, 0.2) is 0 Å². The second kappa shape index (κ2) is 5.72. The quantitative estimate of drug-likeness (QED) is 0.639. The lowest BCUT2D eigenvalue weighted by Crippen LogP contribution is -2.48. The van der Waals surface area contributed by atoms with Crippen molar-refractivity contribution in [3.8, 4) is 0 Å². The van der Waals surface area contributed by atoms with Crippen LogP contribution in [0.5, 0.6) is 0 Å². The number of thioether (sulfide) groups is 1. The molecule has 0 bridgehead atoms. The summed E-state index contributed by atoms with van der Waals surface area (Å²) in [5.41, 5.74) is -0.749. The first-order valence-corrected chi connectivity index (χ1v) is 6.58. The zero-order valence-electron chi connectivity index (χ0n) is 9.38. The van der Waals surface area contributed by atoms with Gasteiger partial charge in [-0.25, -0.2) is 0 Å². The third-order valence-electron chi connectivity index (χ3n) is 2.94. The number of rotatable bonds is 5. The molecule has 0 aliphatic carbocycles. The maximum atomic E-state index is 11.6. The number of carbonyl (C=O) groups excluding carboxylic acids is 1. The minimum atomic E-state index is -0.749. The summed E-state index contributed by atoms with van der Waals surface area (Å²) in [6.45, 7) is 4.21. The Balaban J connectivity index is 2.32. The first-order chi connectivity index (χ1) is 7.11. The summed E-state index contributed by atoms with van der Waals surface area (Å²) in [4.78, 5) is 11.6. The van der Waals surface area contributed by atoms with Gasteiger partial charge in [-0.15, -0.1) is 11.8 Å². The Bertz CT molecular complexity index is 213. The van der Waals surface area contributed by atoms with Crippen LogP contribution in [0, 0.1) is 0 Å². The molecule has 1 unspecified atom stereocenters.